The molecule has 0 bridgehead atoms. The lowest BCUT2D eigenvalue weighted by Crippen LogP contribution is -2.53. The van der Waals surface area contributed by atoms with Crippen molar-refractivity contribution in [2.45, 2.75) is 52.7 Å². The molecule has 5 heteroatoms. The predicted molar refractivity (Wildman–Crippen MR) is 87.6 cm³/mol. The molecule has 0 aliphatic carbocycles. The highest BCUT2D eigenvalue weighted by molar-refractivity contribution is 7.15. The molecule has 1 aliphatic rings. The van der Waals surface area contributed by atoms with Gasteiger partial charge in [0, 0.05) is 55.4 Å². The standard InChI is InChI=1S/C15H28N4S/c1-12(2)16-10-13-11-17-14(20-13)18-6-8-19(9-7-18)15(3,4)5/h11-12,16H,6-10H2,1-5H3. The van der Waals surface area contributed by atoms with Crippen molar-refractivity contribution in [3.8, 4) is 0 Å². The average molecular weight is 296 g/mol. The fourth-order valence-electron chi connectivity index (χ4n) is 2.40. The van der Waals surface area contributed by atoms with Crippen LogP contribution < -0.4 is 10.2 Å². The molecule has 0 aromatic carbocycles. The summed E-state index contributed by atoms with van der Waals surface area (Å²) in [7, 11) is 0. The van der Waals surface area contributed by atoms with Crippen LogP contribution in [-0.4, -0.2) is 47.6 Å². The number of hydrogen-bond donors (Lipinski definition) is 1. The summed E-state index contributed by atoms with van der Waals surface area (Å²) in [5.41, 5.74) is 0.279. The highest BCUT2D eigenvalue weighted by Gasteiger charge is 2.26. The molecule has 0 atom stereocenters. The van der Waals surface area contributed by atoms with Crippen molar-refractivity contribution in [2.24, 2.45) is 0 Å². The van der Waals surface area contributed by atoms with Crippen molar-refractivity contribution < 1.29 is 0 Å². The van der Waals surface area contributed by atoms with Crippen LogP contribution in [0.25, 0.3) is 0 Å². The summed E-state index contributed by atoms with van der Waals surface area (Å²) in [6.45, 7) is 16.6. The second-order valence-electron chi connectivity index (χ2n) is 6.79. The summed E-state index contributed by atoms with van der Waals surface area (Å²) in [5.74, 6) is 0. The first-order valence-corrected chi connectivity index (χ1v) is 8.36. The van der Waals surface area contributed by atoms with Gasteiger partial charge in [0.2, 0.25) is 0 Å². The maximum absolute atomic E-state index is 4.59. The van der Waals surface area contributed by atoms with Crippen LogP contribution in [0.15, 0.2) is 6.20 Å². The lowest BCUT2D eigenvalue weighted by atomic mass is 10.1. The minimum absolute atomic E-state index is 0.279. The van der Waals surface area contributed by atoms with Gasteiger partial charge in [-0.15, -0.1) is 11.3 Å². The molecule has 0 spiro atoms. The van der Waals surface area contributed by atoms with E-state index in [-0.39, 0.29) is 5.54 Å². The summed E-state index contributed by atoms with van der Waals surface area (Å²) >= 11 is 1.82. The van der Waals surface area contributed by atoms with E-state index in [1.807, 2.05) is 17.5 Å². The smallest absolute Gasteiger partial charge is 0.185 e. The monoisotopic (exact) mass is 296 g/mol. The number of nitrogens with zero attached hydrogens (tertiary/aromatic N) is 3. The molecule has 0 saturated carbocycles. The topological polar surface area (TPSA) is 31.4 Å². The Morgan fingerprint density at radius 2 is 1.90 bits per heavy atom. The fraction of sp³-hybridized carbons (Fsp3) is 0.800. The maximum Gasteiger partial charge on any atom is 0.185 e. The molecule has 2 heterocycles. The molecule has 114 valence electrons. The highest BCUT2D eigenvalue weighted by Crippen LogP contribution is 2.25. The molecule has 1 saturated heterocycles. The van der Waals surface area contributed by atoms with E-state index in [0.29, 0.717) is 6.04 Å². The molecule has 0 radical (unpaired) electrons. The zero-order valence-corrected chi connectivity index (χ0v) is 14.3. The number of aromatic nitrogens is 1. The Kier molecular flexibility index (Phi) is 5.04. The van der Waals surface area contributed by atoms with Gasteiger partial charge >= 0.3 is 0 Å². The maximum atomic E-state index is 4.59. The predicted octanol–water partition coefficient (Wildman–Crippen LogP) is 2.56. The summed E-state index contributed by atoms with van der Waals surface area (Å²) in [4.78, 5) is 10.9. The van der Waals surface area contributed by atoms with Gasteiger partial charge in [0.05, 0.1) is 0 Å². The molecule has 1 aromatic heterocycles. The molecule has 1 aliphatic heterocycles. The Labute approximate surface area is 127 Å². The van der Waals surface area contributed by atoms with Crippen LogP contribution in [0.3, 0.4) is 0 Å². The van der Waals surface area contributed by atoms with E-state index in [4.69, 9.17) is 0 Å². The van der Waals surface area contributed by atoms with E-state index in [2.05, 4.69) is 54.7 Å². The van der Waals surface area contributed by atoms with Crippen LogP contribution in [0.4, 0.5) is 5.13 Å². The highest BCUT2D eigenvalue weighted by atomic mass is 32.1. The number of thiazole rings is 1. The first kappa shape index (κ1) is 15.7. The van der Waals surface area contributed by atoms with E-state index in [0.717, 1.165) is 32.7 Å². The van der Waals surface area contributed by atoms with Crippen molar-refractivity contribution in [1.29, 1.82) is 0 Å². The Balaban J connectivity index is 1.88. The molecule has 1 fully saturated rings. The second-order valence-corrected chi connectivity index (χ2v) is 7.88. The molecule has 4 nitrogen and oxygen atoms in total. The van der Waals surface area contributed by atoms with Crippen LogP contribution in [0, 0.1) is 0 Å². The molecular formula is C15H28N4S. The molecule has 1 aromatic rings. The minimum atomic E-state index is 0.279. The molecule has 2 rings (SSSR count). The average Bonchev–Trinajstić information content (AvgIpc) is 2.84. The number of rotatable bonds is 4. The van der Waals surface area contributed by atoms with Crippen molar-refractivity contribution in [2.75, 3.05) is 31.1 Å². The Morgan fingerprint density at radius 1 is 1.25 bits per heavy atom. The third-order valence-electron chi connectivity index (χ3n) is 3.72. The van der Waals surface area contributed by atoms with Crippen LogP contribution in [-0.2, 0) is 6.54 Å². The van der Waals surface area contributed by atoms with E-state index in [1.54, 1.807) is 0 Å². The van der Waals surface area contributed by atoms with Gasteiger partial charge in [-0.25, -0.2) is 4.98 Å². The number of nitrogens with one attached hydrogen (secondary N) is 1. The number of anilines is 1. The van der Waals surface area contributed by atoms with E-state index < -0.39 is 0 Å². The number of hydrogen-bond acceptors (Lipinski definition) is 5. The SMILES string of the molecule is CC(C)NCc1cnc(N2CCN(C(C)(C)C)CC2)s1. The van der Waals surface area contributed by atoms with E-state index in [9.17, 15) is 0 Å². The summed E-state index contributed by atoms with van der Waals surface area (Å²) in [6, 6.07) is 0.524. The van der Waals surface area contributed by atoms with Crippen LogP contribution in [0.5, 0.6) is 0 Å². The van der Waals surface area contributed by atoms with Gasteiger partial charge in [0.25, 0.3) is 0 Å². The number of piperazine rings is 1. The van der Waals surface area contributed by atoms with Crippen molar-refractivity contribution in [3.05, 3.63) is 11.1 Å². The normalized spacial score (nSPS) is 18.0. The lowest BCUT2D eigenvalue weighted by Gasteiger charge is -2.42. The van der Waals surface area contributed by atoms with E-state index >= 15 is 0 Å². The van der Waals surface area contributed by atoms with Crippen molar-refractivity contribution in [1.82, 2.24) is 15.2 Å². The van der Waals surface area contributed by atoms with Gasteiger partial charge < -0.3 is 10.2 Å². The first-order valence-electron chi connectivity index (χ1n) is 7.54. The summed E-state index contributed by atoms with van der Waals surface area (Å²) in [5, 5.41) is 4.63. The third kappa shape index (κ3) is 4.17. The van der Waals surface area contributed by atoms with Gasteiger partial charge in [-0.05, 0) is 20.8 Å². The lowest BCUT2D eigenvalue weighted by molar-refractivity contribution is 0.128. The first-order chi connectivity index (χ1) is 9.36. The third-order valence-corrected chi connectivity index (χ3v) is 4.78. The van der Waals surface area contributed by atoms with Gasteiger partial charge in [-0.2, -0.15) is 0 Å². The molecule has 0 unspecified atom stereocenters. The fourth-order valence-corrected chi connectivity index (χ4v) is 3.31. The minimum Gasteiger partial charge on any atom is -0.346 e. The second kappa shape index (κ2) is 6.41. The zero-order chi connectivity index (χ0) is 14.8. The summed E-state index contributed by atoms with van der Waals surface area (Å²) in [6.07, 6.45) is 2.02. The Morgan fingerprint density at radius 3 is 2.45 bits per heavy atom. The molecule has 1 N–H and O–H groups in total. The Hall–Kier alpha value is -0.650. The van der Waals surface area contributed by atoms with Crippen LogP contribution in [0.1, 0.15) is 39.5 Å². The van der Waals surface area contributed by atoms with Crippen LogP contribution in [0.2, 0.25) is 0 Å². The Bertz CT molecular complexity index is 414. The van der Waals surface area contributed by atoms with Crippen molar-refractivity contribution in [3.63, 3.8) is 0 Å². The molecule has 0 amide bonds. The van der Waals surface area contributed by atoms with Gasteiger partial charge in [0.1, 0.15) is 0 Å². The quantitative estimate of drug-likeness (QED) is 0.925. The van der Waals surface area contributed by atoms with Crippen LogP contribution >= 0.6 is 11.3 Å². The van der Waals surface area contributed by atoms with E-state index in [1.165, 1.54) is 10.0 Å². The van der Waals surface area contributed by atoms with Gasteiger partial charge in [0.15, 0.2) is 5.13 Å². The summed E-state index contributed by atoms with van der Waals surface area (Å²) < 4.78 is 0. The largest absolute Gasteiger partial charge is 0.346 e. The molecular weight excluding hydrogens is 268 g/mol. The molecule has 20 heavy (non-hydrogen) atoms. The van der Waals surface area contributed by atoms with Crippen molar-refractivity contribution >= 4 is 16.5 Å². The zero-order valence-electron chi connectivity index (χ0n) is 13.4. The van der Waals surface area contributed by atoms with Gasteiger partial charge in [-0.1, -0.05) is 13.8 Å². The van der Waals surface area contributed by atoms with Gasteiger partial charge in [-0.3, -0.25) is 4.90 Å².